The van der Waals surface area contributed by atoms with Crippen LogP contribution in [0.15, 0.2) is 36.7 Å². The van der Waals surface area contributed by atoms with E-state index in [4.69, 9.17) is 21.3 Å². The predicted molar refractivity (Wildman–Crippen MR) is 161 cm³/mol. The lowest BCUT2D eigenvalue weighted by Crippen LogP contribution is -2.38. The average molecular weight is 577 g/mol. The standard InChI is InChI=1S/C31H37ClN6O3/c1-31(2)7-11-37(12-8-31)28-24(18-27(39)40)29(32)34-19-25(28)22-3-4-23-20-38(10-6-21(23)17-22)30-33-9-5-26(35-30)36-13-15-41-16-14-36/h3-5,9,17,19H,6-8,10-16,18,20H2,1-2H3,(H,39,40). The summed E-state index contributed by atoms with van der Waals surface area (Å²) < 4.78 is 5.49. The van der Waals surface area contributed by atoms with Crippen LogP contribution in [0.4, 0.5) is 17.5 Å². The molecule has 1 aromatic carbocycles. The van der Waals surface area contributed by atoms with Crippen molar-refractivity contribution < 1.29 is 14.6 Å². The van der Waals surface area contributed by atoms with Gasteiger partial charge in [-0.1, -0.05) is 43.6 Å². The lowest BCUT2D eigenvalue weighted by molar-refractivity contribution is -0.136. The first kappa shape index (κ1) is 27.7. The molecular weight excluding hydrogens is 540 g/mol. The number of benzene rings is 1. The van der Waals surface area contributed by atoms with Crippen LogP contribution in [0.25, 0.3) is 11.1 Å². The number of ether oxygens (including phenoxy) is 1. The first-order valence-electron chi connectivity index (χ1n) is 14.4. The Kier molecular flexibility index (Phi) is 7.74. The fourth-order valence-electron chi connectivity index (χ4n) is 6.09. The van der Waals surface area contributed by atoms with E-state index in [0.29, 0.717) is 5.56 Å². The highest BCUT2D eigenvalue weighted by Crippen LogP contribution is 2.41. The Bertz CT molecular complexity index is 1430. The van der Waals surface area contributed by atoms with E-state index in [9.17, 15) is 9.90 Å². The molecule has 2 saturated heterocycles. The number of hydrogen-bond donors (Lipinski definition) is 1. The molecule has 0 saturated carbocycles. The highest BCUT2D eigenvalue weighted by atomic mass is 35.5. The number of pyridine rings is 1. The molecule has 0 unspecified atom stereocenters. The highest BCUT2D eigenvalue weighted by molar-refractivity contribution is 6.31. The third-order valence-electron chi connectivity index (χ3n) is 8.63. The number of hydrogen-bond acceptors (Lipinski definition) is 8. The molecule has 2 aromatic heterocycles. The van der Waals surface area contributed by atoms with E-state index in [1.807, 2.05) is 18.5 Å². The molecule has 216 valence electrons. The van der Waals surface area contributed by atoms with Gasteiger partial charge in [-0.15, -0.1) is 0 Å². The molecule has 0 amide bonds. The van der Waals surface area contributed by atoms with Crippen molar-refractivity contribution in [2.24, 2.45) is 5.41 Å². The summed E-state index contributed by atoms with van der Waals surface area (Å²) in [6.45, 7) is 11.0. The summed E-state index contributed by atoms with van der Waals surface area (Å²) in [5.74, 6) is 0.787. The Morgan fingerprint density at radius 3 is 2.54 bits per heavy atom. The maximum absolute atomic E-state index is 11.8. The van der Waals surface area contributed by atoms with Gasteiger partial charge in [0.2, 0.25) is 5.95 Å². The Labute approximate surface area is 246 Å². The minimum Gasteiger partial charge on any atom is -0.481 e. The Hall–Kier alpha value is -3.43. The maximum Gasteiger partial charge on any atom is 0.308 e. The molecule has 0 bridgehead atoms. The SMILES string of the molecule is CC1(C)CCN(c2c(-c3ccc4c(c3)CCN(c3nccc(N5CCOCC5)n3)C4)cnc(Cl)c2CC(=O)O)CC1. The fourth-order valence-corrected chi connectivity index (χ4v) is 6.29. The van der Waals surface area contributed by atoms with Crippen molar-refractivity contribution >= 4 is 35.0 Å². The molecule has 9 nitrogen and oxygen atoms in total. The van der Waals surface area contributed by atoms with Gasteiger partial charge in [0.05, 0.1) is 25.3 Å². The van der Waals surface area contributed by atoms with Crippen molar-refractivity contribution in [2.45, 2.75) is 46.1 Å². The van der Waals surface area contributed by atoms with Crippen molar-refractivity contribution in [3.05, 3.63) is 58.5 Å². The van der Waals surface area contributed by atoms with Crippen LogP contribution in [-0.2, 0) is 28.9 Å². The minimum absolute atomic E-state index is 0.154. The van der Waals surface area contributed by atoms with Gasteiger partial charge >= 0.3 is 5.97 Å². The van der Waals surface area contributed by atoms with Gasteiger partial charge in [-0.25, -0.2) is 9.97 Å². The number of aliphatic carboxylic acids is 1. The van der Waals surface area contributed by atoms with E-state index < -0.39 is 5.97 Å². The van der Waals surface area contributed by atoms with E-state index in [-0.39, 0.29) is 17.0 Å². The molecule has 3 aromatic rings. The molecular formula is C31H37ClN6O3. The second kappa shape index (κ2) is 11.4. The largest absolute Gasteiger partial charge is 0.481 e. The third kappa shape index (κ3) is 5.97. The number of carboxylic acids is 1. The van der Waals surface area contributed by atoms with Gasteiger partial charge in [0, 0.05) is 62.8 Å². The van der Waals surface area contributed by atoms with Gasteiger partial charge in [-0.05, 0) is 47.4 Å². The van der Waals surface area contributed by atoms with Crippen LogP contribution in [0.5, 0.6) is 0 Å². The number of aromatic nitrogens is 3. The summed E-state index contributed by atoms with van der Waals surface area (Å²) >= 11 is 6.53. The Morgan fingerprint density at radius 1 is 1.00 bits per heavy atom. The lowest BCUT2D eigenvalue weighted by Gasteiger charge is -2.40. The first-order valence-corrected chi connectivity index (χ1v) is 14.8. The summed E-state index contributed by atoms with van der Waals surface area (Å²) in [7, 11) is 0. The van der Waals surface area contributed by atoms with E-state index in [2.05, 4.69) is 56.7 Å². The molecule has 1 N–H and O–H groups in total. The first-order chi connectivity index (χ1) is 19.8. The molecule has 0 radical (unpaired) electrons. The van der Waals surface area contributed by atoms with Gasteiger partial charge in [0.1, 0.15) is 11.0 Å². The number of anilines is 3. The number of carbonyl (C=O) groups is 1. The molecule has 6 rings (SSSR count). The number of halogens is 1. The summed E-state index contributed by atoms with van der Waals surface area (Å²) in [5.41, 5.74) is 6.28. The van der Waals surface area contributed by atoms with Crippen LogP contribution >= 0.6 is 11.6 Å². The van der Waals surface area contributed by atoms with Crippen LogP contribution in [0.2, 0.25) is 5.15 Å². The maximum atomic E-state index is 11.8. The second-order valence-electron chi connectivity index (χ2n) is 12.0. The number of carboxylic acid groups (broad SMARTS) is 1. The van der Waals surface area contributed by atoms with Gasteiger partial charge in [-0.2, -0.15) is 4.98 Å². The molecule has 0 aliphatic carbocycles. The predicted octanol–water partition coefficient (Wildman–Crippen LogP) is 4.84. The lowest BCUT2D eigenvalue weighted by atomic mass is 9.82. The highest BCUT2D eigenvalue weighted by Gasteiger charge is 2.30. The summed E-state index contributed by atoms with van der Waals surface area (Å²) in [6, 6.07) is 8.51. The number of nitrogens with zero attached hydrogens (tertiary/aromatic N) is 6. The number of morpholine rings is 1. The zero-order valence-electron chi connectivity index (χ0n) is 23.8. The van der Waals surface area contributed by atoms with Crippen LogP contribution in [-0.4, -0.2) is 72.0 Å². The number of rotatable bonds is 6. The Morgan fingerprint density at radius 2 is 1.78 bits per heavy atom. The van der Waals surface area contributed by atoms with Gasteiger partial charge in [0.25, 0.3) is 0 Å². The quantitative estimate of drug-likeness (QED) is 0.413. The molecule has 10 heteroatoms. The van der Waals surface area contributed by atoms with E-state index in [1.54, 1.807) is 0 Å². The smallest absolute Gasteiger partial charge is 0.308 e. The van der Waals surface area contributed by atoms with Crippen LogP contribution in [0.3, 0.4) is 0 Å². The average Bonchev–Trinajstić information content (AvgIpc) is 2.98. The topological polar surface area (TPSA) is 94.9 Å². The van der Waals surface area contributed by atoms with Crippen molar-refractivity contribution in [3.8, 4) is 11.1 Å². The monoisotopic (exact) mass is 576 g/mol. The van der Waals surface area contributed by atoms with Crippen molar-refractivity contribution in [1.82, 2.24) is 15.0 Å². The van der Waals surface area contributed by atoms with Crippen LogP contribution in [0.1, 0.15) is 43.4 Å². The second-order valence-corrected chi connectivity index (χ2v) is 12.3. The third-order valence-corrected chi connectivity index (χ3v) is 8.96. The summed E-state index contributed by atoms with van der Waals surface area (Å²) in [4.78, 5) is 32.5. The van der Waals surface area contributed by atoms with Crippen molar-refractivity contribution in [3.63, 3.8) is 0 Å². The number of piperidine rings is 1. The molecule has 5 heterocycles. The van der Waals surface area contributed by atoms with Gasteiger partial charge < -0.3 is 24.5 Å². The zero-order chi connectivity index (χ0) is 28.6. The van der Waals surface area contributed by atoms with E-state index in [1.165, 1.54) is 11.1 Å². The molecule has 0 atom stereocenters. The minimum atomic E-state index is -0.908. The molecule has 2 fully saturated rings. The Balaban J connectivity index is 1.29. The molecule has 41 heavy (non-hydrogen) atoms. The van der Waals surface area contributed by atoms with Gasteiger partial charge in [0.15, 0.2) is 0 Å². The van der Waals surface area contributed by atoms with Gasteiger partial charge in [-0.3, -0.25) is 4.79 Å². The molecule has 3 aliphatic rings. The van der Waals surface area contributed by atoms with Crippen molar-refractivity contribution in [2.75, 3.05) is 60.6 Å². The molecule has 0 spiro atoms. The van der Waals surface area contributed by atoms with Crippen molar-refractivity contribution in [1.29, 1.82) is 0 Å². The van der Waals surface area contributed by atoms with E-state index in [0.717, 1.165) is 100 Å². The summed E-state index contributed by atoms with van der Waals surface area (Å²) in [6.07, 6.45) is 6.44. The fraction of sp³-hybridized carbons (Fsp3) is 0.484. The van der Waals surface area contributed by atoms with Crippen LogP contribution in [0, 0.1) is 5.41 Å². The van der Waals surface area contributed by atoms with Crippen LogP contribution < -0.4 is 14.7 Å². The number of fused-ring (bicyclic) bond motifs is 1. The zero-order valence-corrected chi connectivity index (χ0v) is 24.5. The van der Waals surface area contributed by atoms with E-state index >= 15 is 0 Å². The molecule has 3 aliphatic heterocycles. The normalized spacial score (nSPS) is 18.8. The summed E-state index contributed by atoms with van der Waals surface area (Å²) in [5, 5.41) is 9.97.